The Labute approximate surface area is 511 Å². The van der Waals surface area contributed by atoms with Crippen molar-refractivity contribution in [2.75, 3.05) is 65.8 Å². The number of rotatable bonds is 76. The topological polar surface area (TPSA) is 61.0 Å². The molecule has 2 atom stereocenters. The van der Waals surface area contributed by atoms with Crippen LogP contribution in [-0.2, 0) is 18.9 Å². The summed E-state index contributed by atoms with van der Waals surface area (Å²) in [6, 6.07) is 0. The van der Waals surface area contributed by atoms with Crippen molar-refractivity contribution in [3.05, 3.63) is 0 Å². The van der Waals surface area contributed by atoms with Gasteiger partial charge in [0.2, 0.25) is 0 Å². The molecular weight excluding hydrogens is 993 g/mol. The van der Waals surface area contributed by atoms with Gasteiger partial charge in [-0.05, 0) is 51.6 Å². The van der Waals surface area contributed by atoms with Crippen LogP contribution in [0, 0.1) is 0 Å². The average molecular weight is 1150 g/mol. The van der Waals surface area contributed by atoms with Crippen LogP contribution in [0.2, 0.25) is 0 Å². The molecule has 0 aromatic rings. The highest BCUT2D eigenvalue weighted by atomic mass is 16.5. The number of ether oxygens (including phenoxy) is 4. The molecule has 2 unspecified atom stereocenters. The Morgan fingerprint density at radius 3 is 0.580 bits per heavy atom. The minimum Gasteiger partial charge on any atom is -0.379 e. The molecule has 0 aliphatic heterocycles. The Morgan fingerprint density at radius 2 is 0.370 bits per heavy atom. The molecule has 6 nitrogen and oxygen atoms in total. The van der Waals surface area contributed by atoms with Gasteiger partial charge in [-0.3, -0.25) is 0 Å². The smallest absolute Gasteiger partial charge is 0.0932 e. The number of hydrogen-bond donors (Lipinski definition) is 2. The first-order chi connectivity index (χ1) is 40.3. The molecular formula is C75H154N2O4. The van der Waals surface area contributed by atoms with Gasteiger partial charge in [-0.25, -0.2) is 0 Å². The van der Waals surface area contributed by atoms with Crippen LogP contribution in [0.25, 0.3) is 0 Å². The van der Waals surface area contributed by atoms with Crippen molar-refractivity contribution in [2.24, 2.45) is 0 Å². The van der Waals surface area contributed by atoms with Crippen molar-refractivity contribution < 1.29 is 18.9 Å². The summed E-state index contributed by atoms with van der Waals surface area (Å²) in [7, 11) is 0. The van der Waals surface area contributed by atoms with Gasteiger partial charge < -0.3 is 29.6 Å². The van der Waals surface area contributed by atoms with Gasteiger partial charge >= 0.3 is 0 Å². The van der Waals surface area contributed by atoms with Crippen LogP contribution >= 0.6 is 0 Å². The minimum atomic E-state index is 0.151. The lowest BCUT2D eigenvalue weighted by molar-refractivity contribution is -0.0177. The predicted molar refractivity (Wildman–Crippen MR) is 362 cm³/mol. The molecule has 6 heteroatoms. The zero-order valence-electron chi connectivity index (χ0n) is 56.6. The lowest BCUT2D eigenvalue weighted by Gasteiger charge is -2.19. The summed E-state index contributed by atoms with van der Waals surface area (Å²) >= 11 is 0. The lowest BCUT2D eigenvalue weighted by Crippen LogP contribution is -2.34. The highest BCUT2D eigenvalue weighted by molar-refractivity contribution is 4.65. The van der Waals surface area contributed by atoms with E-state index in [0.717, 1.165) is 65.8 Å². The first kappa shape index (κ1) is 80.8. The van der Waals surface area contributed by atoms with Crippen LogP contribution in [0.1, 0.15) is 407 Å². The maximum absolute atomic E-state index is 6.50. The van der Waals surface area contributed by atoms with Crippen molar-refractivity contribution in [1.82, 2.24) is 10.6 Å². The van der Waals surface area contributed by atoms with Crippen molar-refractivity contribution in [1.29, 1.82) is 0 Å². The quantitative estimate of drug-likeness (QED) is 0.0592. The van der Waals surface area contributed by atoms with E-state index in [1.165, 1.54) is 379 Å². The second-order valence-corrected chi connectivity index (χ2v) is 26.0. The molecule has 0 heterocycles. The van der Waals surface area contributed by atoms with Crippen molar-refractivity contribution in [3.63, 3.8) is 0 Å². The maximum Gasteiger partial charge on any atom is 0.0932 e. The number of unbranched alkanes of at least 4 members (excludes halogenated alkanes) is 54. The van der Waals surface area contributed by atoms with Gasteiger partial charge in [0.05, 0.1) is 25.4 Å². The SMILES string of the molecule is CCCCCCCCCCCCCCCCOCC(CNCCCCCNCC(COCCCCCCCCCCCCCCCC)OCCCCCCCCCCCCCCCC)OCCCCCCCCCCCCCCCC. The summed E-state index contributed by atoms with van der Waals surface area (Å²) in [5.74, 6) is 0. The predicted octanol–water partition coefficient (Wildman–Crippen LogP) is 24.1. The van der Waals surface area contributed by atoms with Gasteiger partial charge in [0.15, 0.2) is 0 Å². The Balaban J connectivity index is 4.54. The Hall–Kier alpha value is -0.240. The maximum atomic E-state index is 6.50. The minimum absolute atomic E-state index is 0.151. The number of nitrogens with one attached hydrogen (secondary N) is 2. The zero-order valence-corrected chi connectivity index (χ0v) is 56.6. The van der Waals surface area contributed by atoms with Crippen molar-refractivity contribution in [3.8, 4) is 0 Å². The van der Waals surface area contributed by atoms with Gasteiger partial charge in [0, 0.05) is 39.5 Å². The largest absolute Gasteiger partial charge is 0.379 e. The van der Waals surface area contributed by atoms with E-state index < -0.39 is 0 Å². The third kappa shape index (κ3) is 72.1. The second kappa shape index (κ2) is 75.9. The molecule has 0 bridgehead atoms. The van der Waals surface area contributed by atoms with E-state index in [-0.39, 0.29) is 12.2 Å². The molecule has 0 aromatic heterocycles. The van der Waals surface area contributed by atoms with E-state index in [9.17, 15) is 0 Å². The fraction of sp³-hybridized carbons (Fsp3) is 1.00. The summed E-state index contributed by atoms with van der Waals surface area (Å²) in [6.07, 6.45) is 82.0. The van der Waals surface area contributed by atoms with Crippen LogP contribution < -0.4 is 10.6 Å². The molecule has 0 saturated heterocycles. The van der Waals surface area contributed by atoms with E-state index >= 15 is 0 Å². The molecule has 0 radical (unpaired) electrons. The summed E-state index contributed by atoms with van der Waals surface area (Å²) in [6.45, 7) is 18.1. The molecule has 0 amide bonds. The van der Waals surface area contributed by atoms with E-state index in [4.69, 9.17) is 18.9 Å². The van der Waals surface area contributed by atoms with E-state index in [0.29, 0.717) is 0 Å². The molecule has 0 spiro atoms. The second-order valence-electron chi connectivity index (χ2n) is 26.0. The molecule has 0 fully saturated rings. The zero-order chi connectivity index (χ0) is 58.2. The number of hydrogen-bond acceptors (Lipinski definition) is 6. The summed E-state index contributed by atoms with van der Waals surface area (Å²) in [5.41, 5.74) is 0. The Bertz CT molecular complexity index is 983. The van der Waals surface area contributed by atoms with Gasteiger partial charge in [-0.2, -0.15) is 0 Å². The molecule has 0 saturated carbocycles. The molecule has 0 aliphatic rings. The van der Waals surface area contributed by atoms with E-state index in [1.54, 1.807) is 0 Å². The highest BCUT2D eigenvalue weighted by Crippen LogP contribution is 2.18. The van der Waals surface area contributed by atoms with Crippen LogP contribution in [-0.4, -0.2) is 78.0 Å². The normalized spacial score (nSPS) is 12.6. The molecule has 81 heavy (non-hydrogen) atoms. The molecule has 0 aromatic carbocycles. The first-order valence-corrected chi connectivity index (χ1v) is 38.1. The molecule has 0 rings (SSSR count). The van der Waals surface area contributed by atoms with Gasteiger partial charge in [0.1, 0.15) is 0 Å². The van der Waals surface area contributed by atoms with Crippen LogP contribution in [0.4, 0.5) is 0 Å². The third-order valence-corrected chi connectivity index (χ3v) is 17.5. The lowest BCUT2D eigenvalue weighted by atomic mass is 10.0. The van der Waals surface area contributed by atoms with Gasteiger partial charge in [-0.15, -0.1) is 0 Å². The summed E-state index contributed by atoms with van der Waals surface area (Å²) < 4.78 is 25.6. The van der Waals surface area contributed by atoms with Crippen LogP contribution in [0.3, 0.4) is 0 Å². The third-order valence-electron chi connectivity index (χ3n) is 17.5. The van der Waals surface area contributed by atoms with Gasteiger partial charge in [0.25, 0.3) is 0 Å². The fourth-order valence-electron chi connectivity index (χ4n) is 11.9. The molecule has 488 valence electrons. The van der Waals surface area contributed by atoms with Crippen molar-refractivity contribution >= 4 is 0 Å². The van der Waals surface area contributed by atoms with E-state index in [1.807, 2.05) is 0 Å². The Kier molecular flexibility index (Phi) is 75.6. The first-order valence-electron chi connectivity index (χ1n) is 38.1. The van der Waals surface area contributed by atoms with E-state index in [2.05, 4.69) is 38.3 Å². The molecule has 0 aliphatic carbocycles. The average Bonchev–Trinajstić information content (AvgIpc) is 3.47. The monoisotopic (exact) mass is 1150 g/mol. The fourth-order valence-corrected chi connectivity index (χ4v) is 11.9. The van der Waals surface area contributed by atoms with Crippen LogP contribution in [0.15, 0.2) is 0 Å². The van der Waals surface area contributed by atoms with Gasteiger partial charge in [-0.1, -0.05) is 368 Å². The highest BCUT2D eigenvalue weighted by Gasteiger charge is 2.12. The standard InChI is InChI=1S/C75H154N2O4/c1-5-9-13-17-21-25-29-33-37-41-45-49-53-60-66-78-72-74(80-68-62-55-51-47-43-39-35-31-27-23-19-15-11-7-3)70-76-64-58-57-59-65-77-71-75(81-69-63-56-52-48-44-40-36-32-28-24-20-16-12-8-4)73-79-67-61-54-50-46-42-38-34-30-26-22-18-14-10-6-2/h74-77H,5-73H2,1-4H3. The molecule has 2 N–H and O–H groups in total. The summed E-state index contributed by atoms with van der Waals surface area (Å²) in [4.78, 5) is 0. The summed E-state index contributed by atoms with van der Waals surface area (Å²) in [5, 5.41) is 7.53. The van der Waals surface area contributed by atoms with Crippen molar-refractivity contribution in [2.45, 2.75) is 419 Å². The van der Waals surface area contributed by atoms with Crippen LogP contribution in [0.5, 0.6) is 0 Å². The Morgan fingerprint density at radius 1 is 0.198 bits per heavy atom.